The van der Waals surface area contributed by atoms with Gasteiger partial charge in [-0.05, 0) is 43.0 Å². The molecule has 0 amide bonds. The van der Waals surface area contributed by atoms with Crippen molar-refractivity contribution >= 4 is 11.5 Å². The fraction of sp³-hybridized carbons (Fsp3) is 0.400. The molecule has 3 rings (SSSR count). The quantitative estimate of drug-likeness (QED) is 0.692. The molecule has 0 aromatic heterocycles. The highest BCUT2D eigenvalue weighted by Gasteiger charge is 2.33. The molecule has 1 N–H and O–H groups in total. The zero-order valence-electron chi connectivity index (χ0n) is 18.0. The second-order valence-electron chi connectivity index (χ2n) is 8.73. The van der Waals surface area contributed by atoms with E-state index in [1.807, 2.05) is 30.3 Å². The van der Waals surface area contributed by atoms with E-state index in [1.54, 1.807) is 7.11 Å². The first-order valence-electron chi connectivity index (χ1n) is 10.2. The number of nitrogens with zero attached hydrogens (tertiary/aromatic N) is 1. The fourth-order valence-electron chi connectivity index (χ4n) is 3.85. The largest absolute Gasteiger partial charge is 0.497 e. The third-order valence-electron chi connectivity index (χ3n) is 5.41. The minimum absolute atomic E-state index is 0.0373. The number of ketones is 1. The zero-order chi connectivity index (χ0) is 20.9. The minimum atomic E-state index is -0.0373. The molecule has 0 heterocycles. The second-order valence-corrected chi connectivity index (χ2v) is 8.73. The van der Waals surface area contributed by atoms with Crippen molar-refractivity contribution in [3.8, 4) is 5.75 Å². The molecule has 0 aliphatic heterocycles. The molecule has 0 radical (unpaired) electrons. The number of nitrogens with one attached hydrogen (secondary N) is 1. The fourth-order valence-corrected chi connectivity index (χ4v) is 3.85. The van der Waals surface area contributed by atoms with Crippen LogP contribution in [0.1, 0.15) is 32.3 Å². The first kappa shape index (κ1) is 21.1. The number of benzene rings is 2. The topological polar surface area (TPSA) is 41.6 Å². The molecular weight excluding hydrogens is 360 g/mol. The molecule has 1 aliphatic carbocycles. The Bertz CT molecular complexity index is 871. The molecule has 0 saturated carbocycles. The summed E-state index contributed by atoms with van der Waals surface area (Å²) in [7, 11) is 3.75. The number of methoxy groups -OCH3 is 1. The van der Waals surface area contributed by atoms with Crippen LogP contribution in [0, 0.1) is 5.41 Å². The Hall–Kier alpha value is -2.59. The van der Waals surface area contributed by atoms with Crippen LogP contribution in [0.5, 0.6) is 5.75 Å². The van der Waals surface area contributed by atoms with Gasteiger partial charge in [-0.15, -0.1) is 0 Å². The van der Waals surface area contributed by atoms with Crippen molar-refractivity contribution in [1.29, 1.82) is 0 Å². The van der Waals surface area contributed by atoms with Crippen LogP contribution in [0.25, 0.3) is 0 Å². The first-order chi connectivity index (χ1) is 13.9. The van der Waals surface area contributed by atoms with Crippen molar-refractivity contribution in [3.05, 3.63) is 71.4 Å². The van der Waals surface area contributed by atoms with Gasteiger partial charge in [-0.3, -0.25) is 4.79 Å². The van der Waals surface area contributed by atoms with Crippen molar-refractivity contribution in [1.82, 2.24) is 4.90 Å². The Balaban J connectivity index is 1.77. The van der Waals surface area contributed by atoms with E-state index >= 15 is 0 Å². The van der Waals surface area contributed by atoms with E-state index in [0.717, 1.165) is 42.1 Å². The standard InChI is InChI=1S/C25H32N2O2/c1-25(2)16-23(26-20-11-8-12-21(15-20)29-4)22(24(28)17-25)18-27(3)14-13-19-9-6-5-7-10-19/h5-12,15,26H,13-14,16-18H2,1-4H3. The van der Waals surface area contributed by atoms with Gasteiger partial charge in [0, 0.05) is 42.5 Å². The van der Waals surface area contributed by atoms with Crippen molar-refractivity contribution in [2.24, 2.45) is 5.41 Å². The Labute approximate surface area is 174 Å². The number of rotatable bonds is 8. The maximum Gasteiger partial charge on any atom is 0.162 e. The van der Waals surface area contributed by atoms with Crippen LogP contribution in [0.4, 0.5) is 5.69 Å². The molecule has 0 saturated heterocycles. The summed E-state index contributed by atoms with van der Waals surface area (Å²) in [5.74, 6) is 1.05. The predicted molar refractivity (Wildman–Crippen MR) is 119 cm³/mol. The molecule has 0 atom stereocenters. The van der Waals surface area contributed by atoms with Gasteiger partial charge in [-0.1, -0.05) is 50.2 Å². The maximum absolute atomic E-state index is 13.0. The van der Waals surface area contributed by atoms with Gasteiger partial charge in [0.15, 0.2) is 5.78 Å². The van der Waals surface area contributed by atoms with E-state index in [4.69, 9.17) is 4.74 Å². The number of anilines is 1. The number of hydrogen-bond donors (Lipinski definition) is 1. The summed E-state index contributed by atoms with van der Waals surface area (Å²) >= 11 is 0. The molecule has 4 heteroatoms. The van der Waals surface area contributed by atoms with Gasteiger partial charge in [-0.25, -0.2) is 0 Å². The molecule has 2 aromatic rings. The summed E-state index contributed by atoms with van der Waals surface area (Å²) in [5, 5.41) is 3.52. The summed E-state index contributed by atoms with van der Waals surface area (Å²) in [4.78, 5) is 15.2. The molecule has 29 heavy (non-hydrogen) atoms. The van der Waals surface area contributed by atoms with Crippen LogP contribution < -0.4 is 10.1 Å². The van der Waals surface area contributed by atoms with Gasteiger partial charge in [-0.2, -0.15) is 0 Å². The average molecular weight is 393 g/mol. The Kier molecular flexibility index (Phi) is 6.75. The summed E-state index contributed by atoms with van der Waals surface area (Å²) in [5.41, 5.74) is 4.17. The van der Waals surface area contributed by atoms with Crippen LogP contribution in [0.2, 0.25) is 0 Å². The van der Waals surface area contributed by atoms with Gasteiger partial charge >= 0.3 is 0 Å². The summed E-state index contributed by atoms with van der Waals surface area (Å²) < 4.78 is 5.34. The third-order valence-corrected chi connectivity index (χ3v) is 5.41. The Morgan fingerprint density at radius 2 is 1.83 bits per heavy atom. The molecule has 4 nitrogen and oxygen atoms in total. The lowest BCUT2D eigenvalue weighted by Gasteiger charge is -2.34. The highest BCUT2D eigenvalue weighted by Crippen LogP contribution is 2.37. The molecule has 154 valence electrons. The monoisotopic (exact) mass is 392 g/mol. The van der Waals surface area contributed by atoms with E-state index in [0.29, 0.717) is 13.0 Å². The third kappa shape index (κ3) is 5.94. The molecule has 0 fully saturated rings. The maximum atomic E-state index is 13.0. The van der Waals surface area contributed by atoms with Crippen molar-refractivity contribution in [3.63, 3.8) is 0 Å². The van der Waals surface area contributed by atoms with Gasteiger partial charge in [0.05, 0.1) is 7.11 Å². The molecule has 0 unspecified atom stereocenters. The number of likely N-dealkylation sites (N-methyl/N-ethyl adjacent to an activating group) is 1. The smallest absolute Gasteiger partial charge is 0.162 e. The number of carbonyl (C=O) groups excluding carboxylic acids is 1. The van der Waals surface area contributed by atoms with E-state index < -0.39 is 0 Å². The summed E-state index contributed by atoms with van der Waals surface area (Å²) in [6.45, 7) is 5.90. The number of ether oxygens (including phenoxy) is 1. The van der Waals surface area contributed by atoms with Crippen LogP contribution >= 0.6 is 0 Å². The normalized spacial score (nSPS) is 16.2. The van der Waals surface area contributed by atoms with Crippen LogP contribution in [0.3, 0.4) is 0 Å². The highest BCUT2D eigenvalue weighted by atomic mass is 16.5. The van der Waals surface area contributed by atoms with Crippen LogP contribution in [0.15, 0.2) is 65.9 Å². The summed E-state index contributed by atoms with van der Waals surface area (Å²) in [6.07, 6.45) is 2.43. The van der Waals surface area contributed by atoms with Crippen molar-refractivity contribution in [2.45, 2.75) is 33.1 Å². The number of allylic oxidation sites excluding steroid dienone is 1. The molecular formula is C25H32N2O2. The van der Waals surface area contributed by atoms with E-state index in [2.05, 4.69) is 55.4 Å². The van der Waals surface area contributed by atoms with Gasteiger partial charge < -0.3 is 15.0 Å². The van der Waals surface area contributed by atoms with E-state index in [1.165, 1.54) is 5.56 Å². The lowest BCUT2D eigenvalue weighted by Crippen LogP contribution is -2.34. The number of hydrogen-bond acceptors (Lipinski definition) is 4. The second kappa shape index (κ2) is 9.27. The number of Topliss-reactive ketones (excluding diaryl/α,β-unsaturated/α-hetero) is 1. The van der Waals surface area contributed by atoms with Gasteiger partial charge in [0.2, 0.25) is 0 Å². The van der Waals surface area contributed by atoms with Crippen LogP contribution in [-0.2, 0) is 11.2 Å². The Morgan fingerprint density at radius 1 is 1.07 bits per heavy atom. The van der Waals surface area contributed by atoms with Crippen molar-refractivity contribution in [2.75, 3.05) is 32.6 Å². The predicted octanol–water partition coefficient (Wildman–Crippen LogP) is 4.92. The molecule has 0 spiro atoms. The SMILES string of the molecule is COc1cccc(NC2=C(CN(C)CCc3ccccc3)C(=O)CC(C)(C)C2)c1. The summed E-state index contributed by atoms with van der Waals surface area (Å²) in [6, 6.07) is 18.3. The minimum Gasteiger partial charge on any atom is -0.497 e. The van der Waals surface area contributed by atoms with Gasteiger partial charge in [0.25, 0.3) is 0 Å². The average Bonchev–Trinajstić information content (AvgIpc) is 2.69. The molecule has 0 bridgehead atoms. The first-order valence-corrected chi connectivity index (χ1v) is 10.2. The Morgan fingerprint density at radius 3 is 2.55 bits per heavy atom. The molecule has 1 aliphatic rings. The lowest BCUT2D eigenvalue weighted by molar-refractivity contribution is -0.118. The van der Waals surface area contributed by atoms with Crippen molar-refractivity contribution < 1.29 is 9.53 Å². The molecule has 2 aromatic carbocycles. The lowest BCUT2D eigenvalue weighted by atomic mass is 9.75. The highest BCUT2D eigenvalue weighted by molar-refractivity contribution is 5.98. The van der Waals surface area contributed by atoms with Crippen LogP contribution in [-0.4, -0.2) is 37.9 Å². The van der Waals surface area contributed by atoms with E-state index in [-0.39, 0.29) is 11.2 Å². The zero-order valence-corrected chi connectivity index (χ0v) is 18.0. The van der Waals surface area contributed by atoms with E-state index in [9.17, 15) is 4.79 Å². The van der Waals surface area contributed by atoms with Gasteiger partial charge in [0.1, 0.15) is 5.75 Å². The number of carbonyl (C=O) groups is 1.